The number of rotatable bonds is 6. The van der Waals surface area contributed by atoms with Gasteiger partial charge in [0.05, 0.1) is 6.61 Å². The fraction of sp³-hybridized carbons (Fsp3) is 0.647. The summed E-state index contributed by atoms with van der Waals surface area (Å²) in [6.45, 7) is 0.841. The molecule has 0 amide bonds. The first-order valence-electron chi connectivity index (χ1n) is 8.06. The van der Waals surface area contributed by atoms with Crippen molar-refractivity contribution in [2.45, 2.75) is 57.4 Å². The molecule has 0 saturated heterocycles. The Morgan fingerprint density at radius 1 is 1.30 bits per heavy atom. The van der Waals surface area contributed by atoms with E-state index < -0.39 is 0 Å². The lowest BCUT2D eigenvalue weighted by atomic mass is 9.94. The van der Waals surface area contributed by atoms with Gasteiger partial charge in [0.15, 0.2) is 0 Å². The lowest BCUT2D eigenvalue weighted by Crippen LogP contribution is -2.36. The SMILES string of the molecule is NNC(CCc1ccc2c(c1)CCO2)CC1CCCC1. The molecular formula is C17H26N2O. The minimum absolute atomic E-state index is 0.461. The van der Waals surface area contributed by atoms with Crippen molar-refractivity contribution in [2.75, 3.05) is 6.61 Å². The van der Waals surface area contributed by atoms with Crippen molar-refractivity contribution in [3.8, 4) is 5.75 Å². The Bertz CT molecular complexity index is 441. The molecule has 110 valence electrons. The molecule has 2 aliphatic rings. The number of aryl methyl sites for hydroxylation is 1. The fourth-order valence-electron chi connectivity index (χ4n) is 3.65. The van der Waals surface area contributed by atoms with Crippen molar-refractivity contribution in [2.24, 2.45) is 11.8 Å². The molecule has 3 rings (SSSR count). The lowest BCUT2D eigenvalue weighted by molar-refractivity contribution is 0.356. The summed E-state index contributed by atoms with van der Waals surface area (Å²) in [5, 5.41) is 0. The molecule has 20 heavy (non-hydrogen) atoms. The van der Waals surface area contributed by atoms with Crippen molar-refractivity contribution in [3.05, 3.63) is 29.3 Å². The normalized spacial score (nSPS) is 19.9. The second-order valence-corrected chi connectivity index (χ2v) is 6.33. The Morgan fingerprint density at radius 3 is 2.95 bits per heavy atom. The zero-order valence-corrected chi connectivity index (χ0v) is 12.2. The van der Waals surface area contributed by atoms with E-state index in [1.807, 2.05) is 0 Å². The zero-order valence-electron chi connectivity index (χ0n) is 12.2. The van der Waals surface area contributed by atoms with Gasteiger partial charge in [-0.05, 0) is 42.4 Å². The van der Waals surface area contributed by atoms with Crippen molar-refractivity contribution in [1.29, 1.82) is 0 Å². The van der Waals surface area contributed by atoms with E-state index in [9.17, 15) is 0 Å². The van der Waals surface area contributed by atoms with Crippen LogP contribution in [0.1, 0.15) is 49.7 Å². The molecule has 1 aromatic rings. The predicted molar refractivity (Wildman–Crippen MR) is 81.6 cm³/mol. The van der Waals surface area contributed by atoms with Gasteiger partial charge in [0.1, 0.15) is 5.75 Å². The second kappa shape index (κ2) is 6.59. The van der Waals surface area contributed by atoms with Crippen LogP contribution in [0, 0.1) is 5.92 Å². The minimum atomic E-state index is 0.461. The molecule has 3 heteroatoms. The third kappa shape index (κ3) is 3.33. The summed E-state index contributed by atoms with van der Waals surface area (Å²) in [5.74, 6) is 7.71. The Hall–Kier alpha value is -1.06. The number of nitrogens with two attached hydrogens (primary N) is 1. The van der Waals surface area contributed by atoms with Gasteiger partial charge in [0, 0.05) is 12.5 Å². The Balaban J connectivity index is 1.51. The maximum Gasteiger partial charge on any atom is 0.122 e. The molecule has 1 fully saturated rings. The van der Waals surface area contributed by atoms with Gasteiger partial charge in [0.25, 0.3) is 0 Å². The van der Waals surface area contributed by atoms with Crippen LogP contribution >= 0.6 is 0 Å². The van der Waals surface area contributed by atoms with Crippen LogP contribution in [-0.4, -0.2) is 12.6 Å². The second-order valence-electron chi connectivity index (χ2n) is 6.33. The number of benzene rings is 1. The highest BCUT2D eigenvalue weighted by molar-refractivity contribution is 5.39. The van der Waals surface area contributed by atoms with E-state index in [-0.39, 0.29) is 0 Å². The van der Waals surface area contributed by atoms with E-state index in [4.69, 9.17) is 10.6 Å². The fourth-order valence-corrected chi connectivity index (χ4v) is 3.65. The summed E-state index contributed by atoms with van der Waals surface area (Å²) in [6, 6.07) is 7.10. The number of hydrogen-bond donors (Lipinski definition) is 2. The quantitative estimate of drug-likeness (QED) is 0.619. The average Bonchev–Trinajstić information content (AvgIpc) is 3.13. The van der Waals surface area contributed by atoms with Crippen LogP contribution in [0.15, 0.2) is 18.2 Å². The molecule has 1 aromatic carbocycles. The molecular weight excluding hydrogens is 248 g/mol. The highest BCUT2D eigenvalue weighted by Crippen LogP contribution is 2.30. The molecule has 1 unspecified atom stereocenters. The molecule has 1 aliphatic heterocycles. The van der Waals surface area contributed by atoms with Gasteiger partial charge in [-0.1, -0.05) is 37.8 Å². The molecule has 3 nitrogen and oxygen atoms in total. The molecule has 0 radical (unpaired) electrons. The summed E-state index contributed by atoms with van der Waals surface area (Å²) in [6.07, 6.45) is 10.2. The summed E-state index contributed by atoms with van der Waals surface area (Å²) in [5.41, 5.74) is 5.82. The summed E-state index contributed by atoms with van der Waals surface area (Å²) >= 11 is 0. The van der Waals surface area contributed by atoms with Gasteiger partial charge in [-0.2, -0.15) is 0 Å². The van der Waals surface area contributed by atoms with E-state index in [0.717, 1.165) is 37.5 Å². The molecule has 1 saturated carbocycles. The number of hydrazine groups is 1. The van der Waals surface area contributed by atoms with Gasteiger partial charge >= 0.3 is 0 Å². The standard InChI is InChI=1S/C17H26N2O/c18-19-16(12-13-3-1-2-4-13)7-5-14-6-8-17-15(11-14)9-10-20-17/h6,8,11,13,16,19H,1-5,7,9-10,12,18H2. The molecule has 0 bridgehead atoms. The first-order valence-corrected chi connectivity index (χ1v) is 8.06. The van der Waals surface area contributed by atoms with Crippen LogP contribution in [0.4, 0.5) is 0 Å². The smallest absolute Gasteiger partial charge is 0.122 e. The van der Waals surface area contributed by atoms with E-state index in [1.54, 1.807) is 0 Å². The van der Waals surface area contributed by atoms with Crippen LogP contribution < -0.4 is 16.0 Å². The topological polar surface area (TPSA) is 47.3 Å². The Labute approximate surface area is 121 Å². The van der Waals surface area contributed by atoms with Crippen molar-refractivity contribution >= 4 is 0 Å². The summed E-state index contributed by atoms with van der Waals surface area (Å²) in [4.78, 5) is 0. The van der Waals surface area contributed by atoms with Crippen LogP contribution in [0.25, 0.3) is 0 Å². The first kappa shape index (κ1) is 13.9. The molecule has 1 heterocycles. The molecule has 1 aliphatic carbocycles. The third-order valence-electron chi connectivity index (χ3n) is 4.86. The maximum absolute atomic E-state index is 5.74. The largest absolute Gasteiger partial charge is 0.493 e. The van der Waals surface area contributed by atoms with Crippen molar-refractivity contribution in [3.63, 3.8) is 0 Å². The van der Waals surface area contributed by atoms with E-state index in [0.29, 0.717) is 6.04 Å². The van der Waals surface area contributed by atoms with Gasteiger partial charge < -0.3 is 4.74 Å². The predicted octanol–water partition coefficient (Wildman–Crippen LogP) is 2.97. The zero-order chi connectivity index (χ0) is 13.8. The molecule has 0 spiro atoms. The van der Waals surface area contributed by atoms with Crippen LogP contribution in [0.3, 0.4) is 0 Å². The highest BCUT2D eigenvalue weighted by atomic mass is 16.5. The monoisotopic (exact) mass is 274 g/mol. The number of fused-ring (bicyclic) bond motifs is 1. The third-order valence-corrected chi connectivity index (χ3v) is 4.86. The minimum Gasteiger partial charge on any atom is -0.493 e. The summed E-state index contributed by atoms with van der Waals surface area (Å²) in [7, 11) is 0. The van der Waals surface area contributed by atoms with Crippen LogP contribution in [-0.2, 0) is 12.8 Å². The van der Waals surface area contributed by atoms with Crippen LogP contribution in [0.5, 0.6) is 5.75 Å². The van der Waals surface area contributed by atoms with Gasteiger partial charge in [-0.25, -0.2) is 0 Å². The first-order chi connectivity index (χ1) is 9.85. The van der Waals surface area contributed by atoms with Crippen molar-refractivity contribution in [1.82, 2.24) is 5.43 Å². The highest BCUT2D eigenvalue weighted by Gasteiger charge is 2.19. The number of hydrogen-bond acceptors (Lipinski definition) is 3. The molecule has 0 aromatic heterocycles. The maximum atomic E-state index is 5.74. The number of ether oxygens (including phenoxy) is 1. The number of nitrogens with one attached hydrogen (secondary N) is 1. The van der Waals surface area contributed by atoms with Crippen LogP contribution in [0.2, 0.25) is 0 Å². The Morgan fingerprint density at radius 2 is 2.15 bits per heavy atom. The Kier molecular flexibility index (Phi) is 4.58. The van der Waals surface area contributed by atoms with E-state index in [1.165, 1.54) is 43.2 Å². The van der Waals surface area contributed by atoms with Gasteiger partial charge in [0.2, 0.25) is 0 Å². The van der Waals surface area contributed by atoms with Gasteiger partial charge in [-0.3, -0.25) is 11.3 Å². The van der Waals surface area contributed by atoms with E-state index in [2.05, 4.69) is 23.6 Å². The molecule has 3 N–H and O–H groups in total. The average molecular weight is 274 g/mol. The molecule has 1 atom stereocenters. The summed E-state index contributed by atoms with van der Waals surface area (Å²) < 4.78 is 5.56. The van der Waals surface area contributed by atoms with Gasteiger partial charge in [-0.15, -0.1) is 0 Å². The van der Waals surface area contributed by atoms with Crippen molar-refractivity contribution < 1.29 is 4.74 Å². The van der Waals surface area contributed by atoms with E-state index >= 15 is 0 Å². The lowest BCUT2D eigenvalue weighted by Gasteiger charge is -2.19.